The fourth-order valence-corrected chi connectivity index (χ4v) is 3.96. The number of aryl methyl sites for hydroxylation is 1. The minimum absolute atomic E-state index is 0.115. The van der Waals surface area contributed by atoms with Gasteiger partial charge in [-0.1, -0.05) is 78.4 Å². The van der Waals surface area contributed by atoms with Crippen molar-refractivity contribution in [1.29, 1.82) is 0 Å². The predicted molar refractivity (Wildman–Crippen MR) is 101 cm³/mol. The third-order valence-corrected chi connectivity index (χ3v) is 5.64. The zero-order valence-electron chi connectivity index (χ0n) is 14.3. The third-order valence-electron chi connectivity index (χ3n) is 4.18. The highest BCUT2D eigenvalue weighted by molar-refractivity contribution is 7.89. The van der Waals surface area contributed by atoms with Crippen molar-refractivity contribution >= 4 is 10.0 Å². The molecule has 0 aliphatic carbocycles. The molecule has 134 valence electrons. The Morgan fingerprint density at radius 2 is 1.27 bits per heavy atom. The first-order chi connectivity index (χ1) is 12.5. The fourth-order valence-electron chi connectivity index (χ4n) is 2.74. The summed E-state index contributed by atoms with van der Waals surface area (Å²) in [5.74, 6) is 0. The quantitative estimate of drug-likeness (QED) is 0.683. The van der Waals surface area contributed by atoms with E-state index in [-0.39, 0.29) is 4.90 Å². The van der Waals surface area contributed by atoms with Gasteiger partial charge in [-0.15, -0.1) is 0 Å². The highest BCUT2D eigenvalue weighted by atomic mass is 32.2. The number of rotatable bonds is 6. The Labute approximate surface area is 153 Å². The second-order valence-electron chi connectivity index (χ2n) is 6.14. The lowest BCUT2D eigenvalue weighted by molar-refractivity contribution is 0.277. The molecule has 3 aromatic carbocycles. The molecule has 3 nitrogen and oxygen atoms in total. The normalized spacial score (nSPS) is 13.9. The molecular formula is C21H20FNO2S. The summed E-state index contributed by atoms with van der Waals surface area (Å²) < 4.78 is 43.4. The fraction of sp³-hybridized carbons (Fsp3) is 0.143. The first-order valence-electron chi connectivity index (χ1n) is 8.30. The lowest BCUT2D eigenvalue weighted by Gasteiger charge is -2.23. The number of alkyl halides is 1. The molecular weight excluding hydrogens is 349 g/mol. The minimum Gasteiger partial charge on any atom is -0.240 e. The molecule has 0 aromatic heterocycles. The summed E-state index contributed by atoms with van der Waals surface area (Å²) in [6.45, 7) is 1.88. The largest absolute Gasteiger partial charge is 0.241 e. The molecule has 0 unspecified atom stereocenters. The van der Waals surface area contributed by atoms with Gasteiger partial charge in [-0.2, -0.15) is 0 Å². The Balaban J connectivity index is 1.97. The molecule has 0 saturated heterocycles. The molecule has 2 atom stereocenters. The summed E-state index contributed by atoms with van der Waals surface area (Å²) in [5.41, 5.74) is 1.95. The van der Waals surface area contributed by atoms with E-state index >= 15 is 4.39 Å². The van der Waals surface area contributed by atoms with Crippen LogP contribution >= 0.6 is 0 Å². The van der Waals surface area contributed by atoms with E-state index in [1.165, 1.54) is 12.1 Å². The van der Waals surface area contributed by atoms with Crippen molar-refractivity contribution in [3.05, 3.63) is 102 Å². The number of halogens is 1. The van der Waals surface area contributed by atoms with Gasteiger partial charge in [0.05, 0.1) is 10.9 Å². The molecule has 0 bridgehead atoms. The van der Waals surface area contributed by atoms with E-state index in [1.807, 2.05) is 13.0 Å². The molecule has 0 aliphatic heterocycles. The van der Waals surface area contributed by atoms with Gasteiger partial charge in [0, 0.05) is 0 Å². The minimum atomic E-state index is -3.87. The van der Waals surface area contributed by atoms with E-state index in [4.69, 9.17) is 0 Å². The van der Waals surface area contributed by atoms with Gasteiger partial charge in [-0.05, 0) is 30.2 Å². The van der Waals surface area contributed by atoms with Gasteiger partial charge in [0.2, 0.25) is 10.0 Å². The average Bonchev–Trinajstić information content (AvgIpc) is 2.67. The van der Waals surface area contributed by atoms with Crippen LogP contribution < -0.4 is 4.72 Å². The van der Waals surface area contributed by atoms with E-state index in [9.17, 15) is 8.42 Å². The van der Waals surface area contributed by atoms with E-state index in [0.29, 0.717) is 11.1 Å². The zero-order chi connectivity index (χ0) is 18.6. The average molecular weight is 369 g/mol. The molecule has 1 N–H and O–H groups in total. The van der Waals surface area contributed by atoms with Gasteiger partial charge in [0.25, 0.3) is 0 Å². The molecule has 0 amide bonds. The standard InChI is InChI=1S/C21H20FNO2S/c1-16-12-14-19(15-13-16)26(24,25)23-21(18-10-6-3-7-11-18)20(22)17-8-4-2-5-9-17/h2-15,20-21,23H,1H3/t20-,21-/m1/s1. The summed E-state index contributed by atoms with van der Waals surface area (Å²) in [7, 11) is -3.87. The highest BCUT2D eigenvalue weighted by Crippen LogP contribution is 2.33. The van der Waals surface area contributed by atoms with Crippen molar-refractivity contribution in [2.24, 2.45) is 0 Å². The Bertz CT molecular complexity index is 942. The molecule has 0 fully saturated rings. The molecule has 0 saturated carbocycles. The van der Waals surface area contributed by atoms with Crippen LogP contribution in [0.1, 0.15) is 28.9 Å². The molecule has 3 aromatic rings. The van der Waals surface area contributed by atoms with Gasteiger partial charge in [-0.25, -0.2) is 17.5 Å². The first kappa shape index (κ1) is 18.3. The van der Waals surface area contributed by atoms with Gasteiger partial charge >= 0.3 is 0 Å². The monoisotopic (exact) mass is 369 g/mol. The molecule has 26 heavy (non-hydrogen) atoms. The van der Waals surface area contributed by atoms with Crippen LogP contribution in [0.25, 0.3) is 0 Å². The summed E-state index contributed by atoms with van der Waals surface area (Å²) in [6, 6.07) is 22.8. The Kier molecular flexibility index (Phi) is 5.49. The Morgan fingerprint density at radius 1 is 0.769 bits per heavy atom. The van der Waals surface area contributed by atoms with Gasteiger partial charge in [0.1, 0.15) is 6.17 Å². The van der Waals surface area contributed by atoms with Crippen molar-refractivity contribution in [1.82, 2.24) is 4.72 Å². The summed E-state index contributed by atoms with van der Waals surface area (Å²) in [4.78, 5) is 0.115. The summed E-state index contributed by atoms with van der Waals surface area (Å²) in [5, 5.41) is 0. The van der Waals surface area contributed by atoms with Crippen LogP contribution in [-0.2, 0) is 10.0 Å². The second kappa shape index (κ2) is 7.81. The smallest absolute Gasteiger partial charge is 0.240 e. The Hall–Kier alpha value is -2.50. The van der Waals surface area contributed by atoms with E-state index in [2.05, 4.69) is 4.72 Å². The van der Waals surface area contributed by atoms with Crippen molar-refractivity contribution in [3.8, 4) is 0 Å². The molecule has 0 spiro atoms. The number of benzene rings is 3. The van der Waals surface area contributed by atoms with Crippen molar-refractivity contribution in [2.45, 2.75) is 24.0 Å². The van der Waals surface area contributed by atoms with Crippen LogP contribution in [0.4, 0.5) is 4.39 Å². The maximum atomic E-state index is 15.3. The first-order valence-corrected chi connectivity index (χ1v) is 9.79. The second-order valence-corrected chi connectivity index (χ2v) is 7.85. The molecule has 0 radical (unpaired) electrons. The van der Waals surface area contributed by atoms with Gasteiger partial charge in [0.15, 0.2) is 0 Å². The van der Waals surface area contributed by atoms with Crippen LogP contribution in [-0.4, -0.2) is 8.42 Å². The Morgan fingerprint density at radius 3 is 1.81 bits per heavy atom. The SMILES string of the molecule is Cc1ccc(S(=O)(=O)N[C@H](c2ccccc2)[C@H](F)c2ccccc2)cc1. The van der Waals surface area contributed by atoms with Crippen LogP contribution in [0.2, 0.25) is 0 Å². The lowest BCUT2D eigenvalue weighted by Crippen LogP contribution is -2.31. The topological polar surface area (TPSA) is 46.2 Å². The molecule has 5 heteroatoms. The number of sulfonamides is 1. The number of hydrogen-bond acceptors (Lipinski definition) is 2. The van der Waals surface area contributed by atoms with Gasteiger partial charge in [-0.3, -0.25) is 0 Å². The van der Waals surface area contributed by atoms with E-state index < -0.39 is 22.2 Å². The van der Waals surface area contributed by atoms with Crippen molar-refractivity contribution < 1.29 is 12.8 Å². The highest BCUT2D eigenvalue weighted by Gasteiger charge is 2.29. The van der Waals surface area contributed by atoms with Crippen LogP contribution in [0, 0.1) is 6.92 Å². The number of hydrogen-bond donors (Lipinski definition) is 1. The molecule has 0 heterocycles. The van der Waals surface area contributed by atoms with Crippen molar-refractivity contribution in [3.63, 3.8) is 0 Å². The maximum absolute atomic E-state index is 15.3. The molecule has 0 aliphatic rings. The number of nitrogens with one attached hydrogen (secondary N) is 1. The summed E-state index contributed by atoms with van der Waals surface area (Å²) >= 11 is 0. The van der Waals surface area contributed by atoms with Crippen molar-refractivity contribution in [2.75, 3.05) is 0 Å². The maximum Gasteiger partial charge on any atom is 0.241 e. The zero-order valence-corrected chi connectivity index (χ0v) is 15.2. The van der Waals surface area contributed by atoms with Crippen LogP contribution in [0.15, 0.2) is 89.8 Å². The third kappa shape index (κ3) is 4.18. The molecule has 3 rings (SSSR count). The van der Waals surface area contributed by atoms with Crippen LogP contribution in [0.3, 0.4) is 0 Å². The van der Waals surface area contributed by atoms with E-state index in [1.54, 1.807) is 66.7 Å². The lowest BCUT2D eigenvalue weighted by atomic mass is 9.98. The summed E-state index contributed by atoms with van der Waals surface area (Å²) in [6.07, 6.45) is -1.51. The van der Waals surface area contributed by atoms with E-state index in [0.717, 1.165) is 5.56 Å². The van der Waals surface area contributed by atoms with Gasteiger partial charge < -0.3 is 0 Å². The van der Waals surface area contributed by atoms with Crippen LogP contribution in [0.5, 0.6) is 0 Å². The predicted octanol–water partition coefficient (Wildman–Crippen LogP) is 4.73.